The molecule has 3 rings (SSSR count). The van der Waals surface area contributed by atoms with Gasteiger partial charge in [-0.2, -0.15) is 0 Å². The molecule has 20 heavy (non-hydrogen) atoms. The highest BCUT2D eigenvalue weighted by molar-refractivity contribution is 5.98. The molecule has 4 heteroatoms. The van der Waals surface area contributed by atoms with Gasteiger partial charge in [0, 0.05) is 6.08 Å². The molecule has 104 valence electrons. The lowest BCUT2D eigenvalue weighted by atomic mass is 9.95. The second-order valence-corrected chi connectivity index (χ2v) is 5.31. The Morgan fingerprint density at radius 3 is 2.70 bits per heavy atom. The van der Waals surface area contributed by atoms with Crippen molar-refractivity contribution < 1.29 is 14.3 Å². The predicted molar refractivity (Wildman–Crippen MR) is 76.4 cm³/mol. The Hall–Kier alpha value is -2.23. The van der Waals surface area contributed by atoms with Crippen LogP contribution in [0.3, 0.4) is 0 Å². The van der Waals surface area contributed by atoms with E-state index in [2.05, 4.69) is 5.32 Å². The van der Waals surface area contributed by atoms with Crippen LogP contribution in [-0.2, 0) is 9.53 Å². The monoisotopic (exact) mass is 271 g/mol. The number of carbonyl (C=O) groups is 1. The SMILES string of the molecule is CC(=O)C1=C(C)OC(C)=CC12Nc1cc(C)ccc1O2. The lowest BCUT2D eigenvalue weighted by Gasteiger charge is -2.32. The van der Waals surface area contributed by atoms with Crippen molar-refractivity contribution in [3.8, 4) is 5.75 Å². The number of ketones is 1. The fourth-order valence-electron chi connectivity index (χ4n) is 2.86. The van der Waals surface area contributed by atoms with E-state index in [0.717, 1.165) is 17.0 Å². The molecular formula is C16H17NO3. The second kappa shape index (κ2) is 4.13. The fourth-order valence-corrected chi connectivity index (χ4v) is 2.86. The lowest BCUT2D eigenvalue weighted by molar-refractivity contribution is -0.115. The van der Waals surface area contributed by atoms with E-state index in [9.17, 15) is 4.79 Å². The van der Waals surface area contributed by atoms with Crippen molar-refractivity contribution in [2.24, 2.45) is 0 Å². The van der Waals surface area contributed by atoms with E-state index in [0.29, 0.717) is 17.1 Å². The smallest absolute Gasteiger partial charge is 0.237 e. The van der Waals surface area contributed by atoms with Crippen LogP contribution in [0.2, 0.25) is 0 Å². The average molecular weight is 271 g/mol. The van der Waals surface area contributed by atoms with Gasteiger partial charge in [0.1, 0.15) is 22.8 Å². The molecule has 0 radical (unpaired) electrons. The Morgan fingerprint density at radius 1 is 1.25 bits per heavy atom. The van der Waals surface area contributed by atoms with Crippen LogP contribution in [-0.4, -0.2) is 11.5 Å². The van der Waals surface area contributed by atoms with Gasteiger partial charge in [-0.3, -0.25) is 4.79 Å². The molecule has 1 unspecified atom stereocenters. The molecule has 0 bridgehead atoms. The van der Waals surface area contributed by atoms with E-state index in [1.807, 2.05) is 38.1 Å². The summed E-state index contributed by atoms with van der Waals surface area (Å²) < 4.78 is 11.6. The van der Waals surface area contributed by atoms with Crippen molar-refractivity contribution in [1.29, 1.82) is 0 Å². The molecule has 2 aliphatic heterocycles. The number of benzene rings is 1. The molecule has 1 N–H and O–H groups in total. The van der Waals surface area contributed by atoms with Crippen LogP contribution in [0.25, 0.3) is 0 Å². The number of fused-ring (bicyclic) bond motifs is 1. The molecule has 1 aromatic rings. The number of allylic oxidation sites excluding steroid dienone is 2. The first-order chi connectivity index (χ1) is 9.41. The molecule has 2 aliphatic rings. The summed E-state index contributed by atoms with van der Waals surface area (Å²) in [5.74, 6) is 1.97. The van der Waals surface area contributed by atoms with Crippen molar-refractivity contribution >= 4 is 11.5 Å². The van der Waals surface area contributed by atoms with Gasteiger partial charge in [0.2, 0.25) is 5.72 Å². The first-order valence-electron chi connectivity index (χ1n) is 6.59. The van der Waals surface area contributed by atoms with Gasteiger partial charge in [-0.1, -0.05) is 6.07 Å². The average Bonchev–Trinajstić information content (AvgIpc) is 2.63. The number of Topliss-reactive ketones (excluding diaryl/α,β-unsaturated/α-hetero) is 1. The highest BCUT2D eigenvalue weighted by Gasteiger charge is 2.46. The maximum atomic E-state index is 12.0. The van der Waals surface area contributed by atoms with Crippen LogP contribution in [0.5, 0.6) is 5.75 Å². The van der Waals surface area contributed by atoms with Crippen LogP contribution in [0.4, 0.5) is 5.69 Å². The van der Waals surface area contributed by atoms with E-state index in [1.165, 1.54) is 6.92 Å². The Morgan fingerprint density at radius 2 is 2.00 bits per heavy atom. The maximum Gasteiger partial charge on any atom is 0.237 e. The lowest BCUT2D eigenvalue weighted by Crippen LogP contribution is -2.45. The largest absolute Gasteiger partial charge is 0.466 e. The molecule has 0 aliphatic carbocycles. The summed E-state index contributed by atoms with van der Waals surface area (Å²) in [4.78, 5) is 12.0. The van der Waals surface area contributed by atoms with Gasteiger partial charge < -0.3 is 14.8 Å². The third-order valence-corrected chi connectivity index (χ3v) is 3.52. The molecule has 0 aromatic heterocycles. The van der Waals surface area contributed by atoms with Gasteiger partial charge in [0.15, 0.2) is 5.78 Å². The number of rotatable bonds is 1. The summed E-state index contributed by atoms with van der Waals surface area (Å²) >= 11 is 0. The quantitative estimate of drug-likeness (QED) is 0.851. The first-order valence-corrected chi connectivity index (χ1v) is 6.59. The number of hydrogen-bond donors (Lipinski definition) is 1. The maximum absolute atomic E-state index is 12.0. The number of hydrogen-bond acceptors (Lipinski definition) is 4. The first kappa shape index (κ1) is 12.8. The zero-order valence-electron chi connectivity index (χ0n) is 12.0. The summed E-state index contributed by atoms with van der Waals surface area (Å²) in [5.41, 5.74) is 1.59. The fraction of sp³-hybridized carbons (Fsp3) is 0.312. The summed E-state index contributed by atoms with van der Waals surface area (Å²) in [6.07, 6.45) is 1.81. The summed E-state index contributed by atoms with van der Waals surface area (Å²) in [7, 11) is 0. The third-order valence-electron chi connectivity index (χ3n) is 3.52. The molecule has 1 atom stereocenters. The standard InChI is InChI=1S/C16H17NO3/c1-9-5-6-14-13(7-9)17-16(20-14)8-10(2)19-12(4)15(16)11(3)18/h5-8,17H,1-4H3. The van der Waals surface area contributed by atoms with Crippen molar-refractivity contribution in [3.63, 3.8) is 0 Å². The van der Waals surface area contributed by atoms with Gasteiger partial charge in [0.25, 0.3) is 0 Å². The molecular weight excluding hydrogens is 254 g/mol. The number of nitrogens with one attached hydrogen (secondary N) is 1. The van der Waals surface area contributed by atoms with Crippen LogP contribution in [0.1, 0.15) is 26.3 Å². The minimum absolute atomic E-state index is 0.0664. The number of carbonyl (C=O) groups excluding carboxylic acids is 1. The Balaban J connectivity index is 2.13. The zero-order chi connectivity index (χ0) is 14.5. The Kier molecular flexibility index (Phi) is 2.64. The van der Waals surface area contributed by atoms with Gasteiger partial charge in [-0.05, 0) is 45.4 Å². The summed E-state index contributed by atoms with van der Waals surface area (Å²) in [6.45, 7) is 7.18. The van der Waals surface area contributed by atoms with E-state index in [4.69, 9.17) is 9.47 Å². The van der Waals surface area contributed by atoms with Crippen LogP contribution < -0.4 is 10.1 Å². The van der Waals surface area contributed by atoms with E-state index in [-0.39, 0.29) is 5.78 Å². The molecule has 0 saturated carbocycles. The van der Waals surface area contributed by atoms with E-state index in [1.54, 1.807) is 6.92 Å². The number of anilines is 1. The van der Waals surface area contributed by atoms with Crippen molar-refractivity contribution in [2.75, 3.05) is 5.32 Å². The molecule has 0 amide bonds. The summed E-state index contributed by atoms with van der Waals surface area (Å²) in [5, 5.41) is 3.33. The van der Waals surface area contributed by atoms with Crippen LogP contribution in [0, 0.1) is 6.92 Å². The van der Waals surface area contributed by atoms with Gasteiger partial charge in [0.05, 0.1) is 5.69 Å². The second-order valence-electron chi connectivity index (χ2n) is 5.31. The highest BCUT2D eigenvalue weighted by Crippen LogP contribution is 2.44. The van der Waals surface area contributed by atoms with Crippen LogP contribution >= 0.6 is 0 Å². The van der Waals surface area contributed by atoms with Gasteiger partial charge in [-0.15, -0.1) is 0 Å². The number of ether oxygens (including phenoxy) is 2. The molecule has 1 spiro atoms. The predicted octanol–water partition coefficient (Wildman–Crippen LogP) is 3.29. The highest BCUT2D eigenvalue weighted by atomic mass is 16.5. The van der Waals surface area contributed by atoms with E-state index >= 15 is 0 Å². The van der Waals surface area contributed by atoms with Gasteiger partial charge in [-0.25, -0.2) is 0 Å². The summed E-state index contributed by atoms with van der Waals surface area (Å²) in [6, 6.07) is 5.91. The molecule has 1 aromatic carbocycles. The van der Waals surface area contributed by atoms with Crippen molar-refractivity contribution in [2.45, 2.75) is 33.4 Å². The molecule has 2 heterocycles. The van der Waals surface area contributed by atoms with Crippen molar-refractivity contribution in [1.82, 2.24) is 0 Å². The van der Waals surface area contributed by atoms with E-state index < -0.39 is 5.72 Å². The Bertz CT molecular complexity index is 672. The normalized spacial score (nSPS) is 23.7. The topological polar surface area (TPSA) is 47.6 Å². The Labute approximate surface area is 118 Å². The third kappa shape index (κ3) is 1.80. The molecule has 0 saturated heterocycles. The minimum Gasteiger partial charge on any atom is -0.466 e. The van der Waals surface area contributed by atoms with Gasteiger partial charge >= 0.3 is 0 Å². The zero-order valence-corrected chi connectivity index (χ0v) is 12.0. The minimum atomic E-state index is -0.950. The van der Waals surface area contributed by atoms with Crippen LogP contribution in [0.15, 0.2) is 41.4 Å². The van der Waals surface area contributed by atoms with Crippen molar-refractivity contribution in [3.05, 3.63) is 46.9 Å². The molecule has 4 nitrogen and oxygen atoms in total. The molecule has 0 fully saturated rings. The number of aryl methyl sites for hydroxylation is 1.